The number of hydrogen-bond acceptors (Lipinski definition) is 3. The standard InChI is InChI=1S/C15H25NOS/c1-5-13-14(9-8-12(4)16-13)17-10-15(6-2,7-3)11-18/h8-9,18H,5-7,10-11H2,1-4H3. The maximum atomic E-state index is 6.01. The van der Waals surface area contributed by atoms with Crippen molar-refractivity contribution in [3.8, 4) is 5.75 Å². The van der Waals surface area contributed by atoms with Gasteiger partial charge in [-0.2, -0.15) is 12.6 Å². The van der Waals surface area contributed by atoms with Crippen molar-refractivity contribution < 1.29 is 4.74 Å². The Bertz CT molecular complexity index is 366. The highest BCUT2D eigenvalue weighted by molar-refractivity contribution is 7.80. The minimum absolute atomic E-state index is 0.180. The van der Waals surface area contributed by atoms with Gasteiger partial charge in [0.2, 0.25) is 0 Å². The van der Waals surface area contributed by atoms with Crippen LogP contribution in [0.25, 0.3) is 0 Å². The summed E-state index contributed by atoms with van der Waals surface area (Å²) in [6.45, 7) is 9.26. The Labute approximate surface area is 117 Å². The lowest BCUT2D eigenvalue weighted by Gasteiger charge is -2.29. The topological polar surface area (TPSA) is 22.1 Å². The normalized spacial score (nSPS) is 11.6. The molecule has 0 aliphatic rings. The first-order valence-electron chi connectivity index (χ1n) is 6.81. The molecular formula is C15H25NOS. The highest BCUT2D eigenvalue weighted by atomic mass is 32.1. The van der Waals surface area contributed by atoms with E-state index in [4.69, 9.17) is 4.74 Å². The number of aryl methyl sites for hydroxylation is 2. The predicted octanol–water partition coefficient (Wildman–Crippen LogP) is 4.07. The molecule has 0 saturated carbocycles. The van der Waals surface area contributed by atoms with E-state index >= 15 is 0 Å². The number of nitrogens with zero attached hydrogens (tertiary/aromatic N) is 1. The van der Waals surface area contributed by atoms with Gasteiger partial charge in [0.15, 0.2) is 0 Å². The van der Waals surface area contributed by atoms with Gasteiger partial charge in [-0.05, 0) is 44.1 Å². The van der Waals surface area contributed by atoms with Crippen LogP contribution in [-0.4, -0.2) is 17.3 Å². The van der Waals surface area contributed by atoms with Gasteiger partial charge in [-0.3, -0.25) is 4.98 Å². The number of aromatic nitrogens is 1. The fraction of sp³-hybridized carbons (Fsp3) is 0.667. The van der Waals surface area contributed by atoms with Crippen molar-refractivity contribution in [1.82, 2.24) is 4.98 Å². The van der Waals surface area contributed by atoms with Crippen LogP contribution in [0, 0.1) is 12.3 Å². The lowest BCUT2D eigenvalue weighted by molar-refractivity contribution is 0.155. The van der Waals surface area contributed by atoms with E-state index in [0.29, 0.717) is 0 Å². The molecule has 1 heterocycles. The van der Waals surface area contributed by atoms with Crippen molar-refractivity contribution in [3.63, 3.8) is 0 Å². The van der Waals surface area contributed by atoms with Gasteiger partial charge >= 0.3 is 0 Å². The van der Waals surface area contributed by atoms with Gasteiger partial charge in [0.05, 0.1) is 12.3 Å². The van der Waals surface area contributed by atoms with Crippen molar-refractivity contribution in [1.29, 1.82) is 0 Å². The van der Waals surface area contributed by atoms with Crippen LogP contribution in [0.2, 0.25) is 0 Å². The zero-order valence-corrected chi connectivity index (χ0v) is 12.9. The van der Waals surface area contributed by atoms with Crippen LogP contribution in [0.5, 0.6) is 5.75 Å². The van der Waals surface area contributed by atoms with Crippen molar-refractivity contribution in [2.45, 2.75) is 47.0 Å². The molecule has 0 aliphatic carbocycles. The van der Waals surface area contributed by atoms with Crippen LogP contribution in [0.15, 0.2) is 12.1 Å². The summed E-state index contributed by atoms with van der Waals surface area (Å²) in [7, 11) is 0. The van der Waals surface area contributed by atoms with Crippen molar-refractivity contribution >= 4 is 12.6 Å². The molecule has 0 N–H and O–H groups in total. The molecule has 0 aromatic carbocycles. The third-order valence-electron chi connectivity index (χ3n) is 3.78. The van der Waals surface area contributed by atoms with Gasteiger partial charge in [-0.15, -0.1) is 0 Å². The molecule has 18 heavy (non-hydrogen) atoms. The van der Waals surface area contributed by atoms with Crippen molar-refractivity contribution in [3.05, 3.63) is 23.5 Å². The average molecular weight is 267 g/mol. The Balaban J connectivity index is 2.79. The molecule has 2 nitrogen and oxygen atoms in total. The average Bonchev–Trinajstić information content (AvgIpc) is 2.42. The van der Waals surface area contributed by atoms with Crippen LogP contribution in [0.1, 0.15) is 45.0 Å². The molecule has 1 aromatic heterocycles. The largest absolute Gasteiger partial charge is 0.491 e. The van der Waals surface area contributed by atoms with Gasteiger partial charge < -0.3 is 4.74 Å². The molecule has 3 heteroatoms. The first kappa shape index (κ1) is 15.4. The summed E-state index contributed by atoms with van der Waals surface area (Å²) >= 11 is 4.48. The summed E-state index contributed by atoms with van der Waals surface area (Å²) in [4.78, 5) is 4.53. The smallest absolute Gasteiger partial charge is 0.140 e. The summed E-state index contributed by atoms with van der Waals surface area (Å²) < 4.78 is 6.01. The van der Waals surface area contributed by atoms with E-state index < -0.39 is 0 Å². The lowest BCUT2D eigenvalue weighted by Crippen LogP contribution is -2.29. The van der Waals surface area contributed by atoms with E-state index in [9.17, 15) is 0 Å². The highest BCUT2D eigenvalue weighted by Gasteiger charge is 2.25. The minimum Gasteiger partial charge on any atom is -0.491 e. The summed E-state index contributed by atoms with van der Waals surface area (Å²) in [5.74, 6) is 1.79. The Hall–Kier alpha value is -0.700. The fourth-order valence-corrected chi connectivity index (χ4v) is 2.48. The fourth-order valence-electron chi connectivity index (χ4n) is 1.94. The molecule has 0 atom stereocenters. The van der Waals surface area contributed by atoms with E-state index in [0.717, 1.165) is 48.8 Å². The summed E-state index contributed by atoms with van der Waals surface area (Å²) in [5.41, 5.74) is 2.28. The second-order valence-electron chi connectivity index (χ2n) is 4.90. The predicted molar refractivity (Wildman–Crippen MR) is 80.7 cm³/mol. The van der Waals surface area contributed by atoms with Crippen LogP contribution in [0.3, 0.4) is 0 Å². The van der Waals surface area contributed by atoms with E-state index in [2.05, 4.69) is 38.4 Å². The van der Waals surface area contributed by atoms with Crippen LogP contribution >= 0.6 is 12.6 Å². The minimum atomic E-state index is 0.180. The van der Waals surface area contributed by atoms with E-state index in [-0.39, 0.29) is 5.41 Å². The zero-order chi connectivity index (χ0) is 13.6. The van der Waals surface area contributed by atoms with Crippen molar-refractivity contribution in [2.24, 2.45) is 5.41 Å². The maximum Gasteiger partial charge on any atom is 0.140 e. The SMILES string of the molecule is CCc1nc(C)ccc1OCC(CC)(CC)CS. The molecule has 0 saturated heterocycles. The summed E-state index contributed by atoms with van der Waals surface area (Å²) in [6, 6.07) is 4.05. The van der Waals surface area contributed by atoms with Crippen LogP contribution in [0.4, 0.5) is 0 Å². The number of rotatable bonds is 7. The summed E-state index contributed by atoms with van der Waals surface area (Å²) in [5, 5.41) is 0. The number of pyridine rings is 1. The molecule has 0 amide bonds. The summed E-state index contributed by atoms with van der Waals surface area (Å²) in [6.07, 6.45) is 3.09. The quantitative estimate of drug-likeness (QED) is 0.752. The van der Waals surface area contributed by atoms with E-state index in [1.807, 2.05) is 19.1 Å². The molecule has 0 bridgehead atoms. The maximum absolute atomic E-state index is 6.01. The van der Waals surface area contributed by atoms with Gasteiger partial charge in [0.25, 0.3) is 0 Å². The first-order valence-corrected chi connectivity index (χ1v) is 7.44. The molecule has 0 radical (unpaired) electrons. The third kappa shape index (κ3) is 3.64. The number of thiol groups is 1. The molecular weight excluding hydrogens is 242 g/mol. The molecule has 102 valence electrons. The second kappa shape index (κ2) is 7.03. The van der Waals surface area contributed by atoms with Gasteiger partial charge in [0.1, 0.15) is 5.75 Å². The van der Waals surface area contributed by atoms with E-state index in [1.165, 1.54) is 0 Å². The Morgan fingerprint density at radius 1 is 1.22 bits per heavy atom. The number of ether oxygens (including phenoxy) is 1. The Kier molecular flexibility index (Phi) is 6.00. The molecule has 1 aromatic rings. The lowest BCUT2D eigenvalue weighted by atomic mass is 9.85. The van der Waals surface area contributed by atoms with Crippen LogP contribution in [-0.2, 0) is 6.42 Å². The zero-order valence-electron chi connectivity index (χ0n) is 12.0. The number of hydrogen-bond donors (Lipinski definition) is 1. The van der Waals surface area contributed by atoms with Crippen molar-refractivity contribution in [2.75, 3.05) is 12.4 Å². The highest BCUT2D eigenvalue weighted by Crippen LogP contribution is 2.29. The monoisotopic (exact) mass is 267 g/mol. The molecule has 0 fully saturated rings. The molecule has 0 spiro atoms. The van der Waals surface area contributed by atoms with Gasteiger partial charge in [0, 0.05) is 11.1 Å². The van der Waals surface area contributed by atoms with Crippen LogP contribution < -0.4 is 4.74 Å². The second-order valence-corrected chi connectivity index (χ2v) is 5.22. The third-order valence-corrected chi connectivity index (χ3v) is 4.45. The molecule has 0 aliphatic heterocycles. The molecule has 0 unspecified atom stereocenters. The molecule has 1 rings (SSSR count). The van der Waals surface area contributed by atoms with Gasteiger partial charge in [-0.1, -0.05) is 20.8 Å². The van der Waals surface area contributed by atoms with E-state index in [1.54, 1.807) is 0 Å². The first-order chi connectivity index (χ1) is 8.60. The Morgan fingerprint density at radius 2 is 1.89 bits per heavy atom. The Morgan fingerprint density at radius 3 is 2.39 bits per heavy atom. The van der Waals surface area contributed by atoms with Gasteiger partial charge in [-0.25, -0.2) is 0 Å².